The average Bonchev–Trinajstić information content (AvgIpc) is 2.20. The van der Waals surface area contributed by atoms with Crippen LogP contribution in [0.1, 0.15) is 39.0 Å². The van der Waals surface area contributed by atoms with Crippen LogP contribution >= 0.6 is 7.52 Å². The minimum atomic E-state index is -2.75. The Morgan fingerprint density at radius 1 is 1.50 bits per heavy atom. The van der Waals surface area contributed by atoms with Crippen LogP contribution in [0.15, 0.2) is 12.4 Å². The topological polar surface area (TPSA) is 38.3 Å². The highest BCUT2D eigenvalue weighted by Crippen LogP contribution is 2.44. The van der Waals surface area contributed by atoms with Gasteiger partial charge in [0.15, 0.2) is 0 Å². The molecule has 0 aromatic rings. The van der Waals surface area contributed by atoms with Crippen LogP contribution in [0.5, 0.6) is 0 Å². The van der Waals surface area contributed by atoms with Crippen LogP contribution in [0.4, 0.5) is 0 Å². The lowest BCUT2D eigenvalue weighted by Gasteiger charge is -2.26. The van der Waals surface area contributed by atoms with Crippen molar-refractivity contribution >= 4 is 7.52 Å². The van der Waals surface area contributed by atoms with Gasteiger partial charge in [0, 0.05) is 11.9 Å². The molecule has 0 saturated heterocycles. The molecule has 1 atom stereocenters. The number of hydrogen-bond acceptors (Lipinski definition) is 2. The molecule has 1 fully saturated rings. The van der Waals surface area contributed by atoms with Gasteiger partial charge in [0.25, 0.3) is 7.52 Å². The van der Waals surface area contributed by atoms with E-state index in [2.05, 4.69) is 11.7 Å². The number of nitrogens with one attached hydrogen (secondary N) is 1. The van der Waals surface area contributed by atoms with Gasteiger partial charge in [-0.2, -0.15) is 0 Å². The first-order valence-corrected chi connectivity index (χ1v) is 7.05. The molecule has 3 nitrogen and oxygen atoms in total. The van der Waals surface area contributed by atoms with E-state index in [0.29, 0.717) is 12.6 Å². The molecule has 1 aliphatic carbocycles. The van der Waals surface area contributed by atoms with Gasteiger partial charge in [-0.05, 0) is 19.8 Å². The smallest absolute Gasteiger partial charge is 0.292 e. The van der Waals surface area contributed by atoms with Gasteiger partial charge in [-0.15, -0.1) is 0 Å². The lowest BCUT2D eigenvalue weighted by atomic mass is 9.96. The minimum absolute atomic E-state index is 0.346. The molecule has 4 heteroatoms. The van der Waals surface area contributed by atoms with Gasteiger partial charge in [0.05, 0.1) is 6.61 Å². The average molecular weight is 217 g/mol. The first-order valence-electron chi connectivity index (χ1n) is 5.36. The largest absolute Gasteiger partial charge is 0.315 e. The summed E-state index contributed by atoms with van der Waals surface area (Å²) in [7, 11) is -2.75. The maximum absolute atomic E-state index is 12.0. The van der Waals surface area contributed by atoms with Gasteiger partial charge in [-0.1, -0.05) is 25.8 Å². The Morgan fingerprint density at radius 3 is 2.64 bits per heavy atom. The van der Waals surface area contributed by atoms with Gasteiger partial charge in [0.1, 0.15) is 0 Å². The van der Waals surface area contributed by atoms with Gasteiger partial charge in [-0.25, -0.2) is 5.09 Å². The molecule has 0 spiro atoms. The Kier molecular flexibility index (Phi) is 4.86. The van der Waals surface area contributed by atoms with Crippen LogP contribution in [0, 0.1) is 0 Å². The van der Waals surface area contributed by atoms with Gasteiger partial charge in [0.2, 0.25) is 0 Å². The monoisotopic (exact) mass is 217 g/mol. The second-order valence-electron chi connectivity index (χ2n) is 3.66. The quantitative estimate of drug-likeness (QED) is 0.718. The lowest BCUT2D eigenvalue weighted by molar-refractivity contribution is 0.316. The fourth-order valence-corrected chi connectivity index (χ4v) is 3.26. The summed E-state index contributed by atoms with van der Waals surface area (Å²) in [5.74, 6) is 1.42. The molecule has 1 aliphatic rings. The summed E-state index contributed by atoms with van der Waals surface area (Å²) >= 11 is 0. The van der Waals surface area contributed by atoms with E-state index in [1.54, 1.807) is 0 Å². The van der Waals surface area contributed by atoms with E-state index >= 15 is 0 Å². The molecule has 1 unspecified atom stereocenters. The van der Waals surface area contributed by atoms with Crippen LogP contribution in [0.2, 0.25) is 0 Å². The van der Waals surface area contributed by atoms with Crippen LogP contribution in [-0.2, 0) is 9.09 Å². The van der Waals surface area contributed by atoms with Crippen molar-refractivity contribution in [3.63, 3.8) is 0 Å². The summed E-state index contributed by atoms with van der Waals surface area (Å²) in [5, 5.41) is 3.10. The van der Waals surface area contributed by atoms with Crippen molar-refractivity contribution in [2.24, 2.45) is 0 Å². The molecule has 0 radical (unpaired) electrons. The maximum Gasteiger partial charge on any atom is 0.292 e. The third-order valence-electron chi connectivity index (χ3n) is 2.53. The third kappa shape index (κ3) is 3.56. The third-order valence-corrected chi connectivity index (χ3v) is 4.38. The molecule has 0 bridgehead atoms. The van der Waals surface area contributed by atoms with Crippen molar-refractivity contribution in [2.45, 2.75) is 45.1 Å². The zero-order valence-corrected chi connectivity index (χ0v) is 9.76. The summed E-state index contributed by atoms with van der Waals surface area (Å²) in [4.78, 5) is 0. The standard InChI is InChI=1S/C10H20NO2P/c1-3-13-14(12,4-2)11-10-8-6-5-7-9-10/h4,10H,2-3,5-9H2,1H3,(H,11,12). The van der Waals surface area contributed by atoms with Crippen LogP contribution in [-0.4, -0.2) is 12.6 Å². The second-order valence-corrected chi connectivity index (χ2v) is 5.74. The molecular weight excluding hydrogens is 197 g/mol. The Balaban J connectivity index is 2.45. The normalized spacial score (nSPS) is 22.9. The Hall–Kier alpha value is -0.110. The van der Waals surface area contributed by atoms with Crippen LogP contribution in [0.25, 0.3) is 0 Å². The zero-order valence-electron chi connectivity index (χ0n) is 8.87. The van der Waals surface area contributed by atoms with Crippen molar-refractivity contribution in [1.82, 2.24) is 5.09 Å². The first-order chi connectivity index (χ1) is 6.70. The molecule has 0 aromatic heterocycles. The maximum atomic E-state index is 12.0. The van der Waals surface area contributed by atoms with Gasteiger partial charge >= 0.3 is 0 Å². The van der Waals surface area contributed by atoms with E-state index in [9.17, 15) is 4.57 Å². The van der Waals surface area contributed by atoms with Crippen LogP contribution < -0.4 is 5.09 Å². The molecule has 1 N–H and O–H groups in total. The van der Waals surface area contributed by atoms with E-state index in [-0.39, 0.29) is 0 Å². The molecule has 0 amide bonds. The van der Waals surface area contributed by atoms with E-state index in [0.717, 1.165) is 12.8 Å². The summed E-state index contributed by atoms with van der Waals surface area (Å²) in [6.07, 6.45) is 5.95. The van der Waals surface area contributed by atoms with Gasteiger partial charge < -0.3 is 4.52 Å². The highest BCUT2D eigenvalue weighted by molar-refractivity contribution is 7.60. The number of rotatable bonds is 5. The molecule has 1 rings (SSSR count). The molecule has 82 valence electrons. The highest BCUT2D eigenvalue weighted by atomic mass is 31.2. The predicted molar refractivity (Wildman–Crippen MR) is 59.4 cm³/mol. The predicted octanol–water partition coefficient (Wildman–Crippen LogP) is 3.28. The van der Waals surface area contributed by atoms with E-state index in [1.165, 1.54) is 25.1 Å². The van der Waals surface area contributed by atoms with Crippen molar-refractivity contribution in [3.05, 3.63) is 12.4 Å². The summed E-state index contributed by atoms with van der Waals surface area (Å²) in [5.41, 5.74) is 0. The van der Waals surface area contributed by atoms with Crippen LogP contribution in [0.3, 0.4) is 0 Å². The zero-order chi connectivity index (χ0) is 10.4. The Labute approximate surface area is 86.4 Å². The molecule has 0 heterocycles. The van der Waals surface area contributed by atoms with Crippen molar-refractivity contribution in [2.75, 3.05) is 6.61 Å². The SMILES string of the molecule is C=CP(=O)(NC1CCCCC1)OCC. The Bertz CT molecular complexity index is 224. The fraction of sp³-hybridized carbons (Fsp3) is 0.800. The van der Waals surface area contributed by atoms with Crippen molar-refractivity contribution in [3.8, 4) is 0 Å². The summed E-state index contributed by atoms with van der Waals surface area (Å²) in [6, 6.07) is 0.346. The summed E-state index contributed by atoms with van der Waals surface area (Å²) < 4.78 is 17.2. The Morgan fingerprint density at radius 2 is 2.14 bits per heavy atom. The van der Waals surface area contributed by atoms with Crippen molar-refractivity contribution in [1.29, 1.82) is 0 Å². The molecule has 14 heavy (non-hydrogen) atoms. The highest BCUT2D eigenvalue weighted by Gasteiger charge is 2.23. The molecule has 1 saturated carbocycles. The lowest BCUT2D eigenvalue weighted by Crippen LogP contribution is -2.28. The minimum Gasteiger partial charge on any atom is -0.315 e. The van der Waals surface area contributed by atoms with E-state index in [1.807, 2.05) is 6.92 Å². The van der Waals surface area contributed by atoms with E-state index in [4.69, 9.17) is 4.52 Å². The fourth-order valence-electron chi connectivity index (χ4n) is 1.82. The molecule has 0 aromatic carbocycles. The van der Waals surface area contributed by atoms with E-state index < -0.39 is 7.52 Å². The number of hydrogen-bond donors (Lipinski definition) is 1. The van der Waals surface area contributed by atoms with Gasteiger partial charge in [-0.3, -0.25) is 4.57 Å². The molecular formula is C10H20NO2P. The first kappa shape index (κ1) is 12.0. The molecule has 0 aliphatic heterocycles. The van der Waals surface area contributed by atoms with Crippen molar-refractivity contribution < 1.29 is 9.09 Å². The summed E-state index contributed by atoms with van der Waals surface area (Å²) in [6.45, 7) is 5.87. The second kappa shape index (κ2) is 5.69.